The molecule has 0 spiro atoms. The number of nitrogens with zero attached hydrogens (tertiary/aromatic N) is 2. The van der Waals surface area contributed by atoms with Crippen molar-refractivity contribution in [2.75, 3.05) is 13.1 Å². The van der Waals surface area contributed by atoms with Gasteiger partial charge in [-0.25, -0.2) is 9.37 Å². The fraction of sp³-hybridized carbons (Fsp3) is 0.308. The highest BCUT2D eigenvalue weighted by Gasteiger charge is 2.25. The lowest BCUT2D eigenvalue weighted by Crippen LogP contribution is -2.49. The number of oxazole rings is 1. The zero-order valence-electron chi connectivity index (χ0n) is 9.71. The number of hydrogen-bond acceptors (Lipinski definition) is 4. The van der Waals surface area contributed by atoms with Crippen molar-refractivity contribution in [3.63, 3.8) is 0 Å². The lowest BCUT2D eigenvalue weighted by atomic mass is 10.1. The van der Waals surface area contributed by atoms with Gasteiger partial charge in [0.1, 0.15) is 12.1 Å². The summed E-state index contributed by atoms with van der Waals surface area (Å²) in [5, 5.41) is 9.18. The number of likely N-dealkylation sites (tertiary alicyclic amines) is 1. The summed E-state index contributed by atoms with van der Waals surface area (Å²) in [6, 6.07) is 6.16. The molecule has 3 rings (SSSR count). The molecule has 2 heterocycles. The monoisotopic (exact) mass is 248 g/mol. The molecule has 0 amide bonds. The standard InChI is InChI=1S/C13H13FN2O2/c14-10-3-1-2-9(4-10)13-15-11(8-18-13)5-16-6-12(17)7-16/h1-4,8,12,17H,5-7H2. The second kappa shape index (κ2) is 4.51. The van der Waals surface area contributed by atoms with Crippen LogP contribution in [-0.4, -0.2) is 34.2 Å². The number of benzene rings is 1. The molecule has 0 bridgehead atoms. The number of aliphatic hydroxyl groups excluding tert-OH is 1. The molecule has 5 heteroatoms. The molecule has 1 saturated heterocycles. The van der Waals surface area contributed by atoms with Gasteiger partial charge in [-0.05, 0) is 18.2 Å². The summed E-state index contributed by atoms with van der Waals surface area (Å²) in [5.41, 5.74) is 1.42. The number of β-amino-alcohol motifs (C(OH)–C–C–N with tert-alkyl or cyclic N) is 1. The van der Waals surface area contributed by atoms with Crippen molar-refractivity contribution in [1.82, 2.24) is 9.88 Å². The maximum atomic E-state index is 13.1. The molecule has 1 fully saturated rings. The van der Waals surface area contributed by atoms with Crippen LogP contribution in [0.5, 0.6) is 0 Å². The van der Waals surface area contributed by atoms with Crippen LogP contribution in [0.4, 0.5) is 4.39 Å². The Morgan fingerprint density at radius 1 is 1.44 bits per heavy atom. The van der Waals surface area contributed by atoms with E-state index >= 15 is 0 Å². The van der Waals surface area contributed by atoms with Gasteiger partial charge in [0, 0.05) is 25.2 Å². The highest BCUT2D eigenvalue weighted by atomic mass is 19.1. The zero-order chi connectivity index (χ0) is 12.5. The van der Waals surface area contributed by atoms with Gasteiger partial charge in [0.25, 0.3) is 0 Å². The van der Waals surface area contributed by atoms with E-state index in [1.54, 1.807) is 18.4 Å². The lowest BCUT2D eigenvalue weighted by Gasteiger charge is -2.34. The molecule has 94 valence electrons. The molecule has 1 aromatic heterocycles. The van der Waals surface area contributed by atoms with Crippen molar-refractivity contribution in [3.05, 3.63) is 42.0 Å². The minimum Gasteiger partial charge on any atom is -0.444 e. The Bertz CT molecular complexity index is 549. The molecular formula is C13H13FN2O2. The van der Waals surface area contributed by atoms with Gasteiger partial charge >= 0.3 is 0 Å². The third-order valence-electron chi connectivity index (χ3n) is 2.95. The average molecular weight is 248 g/mol. The van der Waals surface area contributed by atoms with Gasteiger partial charge in [-0.3, -0.25) is 4.90 Å². The smallest absolute Gasteiger partial charge is 0.226 e. The van der Waals surface area contributed by atoms with Crippen LogP contribution in [0, 0.1) is 5.82 Å². The summed E-state index contributed by atoms with van der Waals surface area (Å²) in [4.78, 5) is 6.38. The number of aliphatic hydroxyl groups is 1. The lowest BCUT2D eigenvalue weighted by molar-refractivity contribution is -0.00355. The van der Waals surface area contributed by atoms with Gasteiger partial charge < -0.3 is 9.52 Å². The van der Waals surface area contributed by atoms with Gasteiger partial charge in [0.15, 0.2) is 0 Å². The molecule has 1 N–H and O–H groups in total. The van der Waals surface area contributed by atoms with Gasteiger partial charge in [-0.15, -0.1) is 0 Å². The van der Waals surface area contributed by atoms with Crippen molar-refractivity contribution in [2.45, 2.75) is 12.6 Å². The highest BCUT2D eigenvalue weighted by Crippen LogP contribution is 2.21. The molecule has 2 aromatic rings. The number of hydrogen-bond donors (Lipinski definition) is 1. The molecule has 0 radical (unpaired) electrons. The topological polar surface area (TPSA) is 49.5 Å². The molecule has 1 aliphatic rings. The summed E-state index contributed by atoms with van der Waals surface area (Å²) in [7, 11) is 0. The first kappa shape index (κ1) is 11.4. The van der Waals surface area contributed by atoms with Crippen molar-refractivity contribution in [1.29, 1.82) is 0 Å². The van der Waals surface area contributed by atoms with Crippen LogP contribution in [0.3, 0.4) is 0 Å². The molecular weight excluding hydrogens is 235 g/mol. The van der Waals surface area contributed by atoms with Crippen LogP contribution in [0.25, 0.3) is 11.5 Å². The molecule has 1 aliphatic heterocycles. The molecule has 0 unspecified atom stereocenters. The summed E-state index contributed by atoms with van der Waals surface area (Å²) in [6.45, 7) is 1.99. The second-order valence-corrected chi connectivity index (χ2v) is 4.50. The van der Waals surface area contributed by atoms with E-state index in [-0.39, 0.29) is 11.9 Å². The van der Waals surface area contributed by atoms with Crippen LogP contribution in [-0.2, 0) is 6.54 Å². The van der Waals surface area contributed by atoms with Gasteiger partial charge in [-0.2, -0.15) is 0 Å². The van der Waals surface area contributed by atoms with E-state index < -0.39 is 0 Å². The van der Waals surface area contributed by atoms with E-state index in [0.717, 1.165) is 5.69 Å². The zero-order valence-corrected chi connectivity index (χ0v) is 9.71. The van der Waals surface area contributed by atoms with Crippen LogP contribution in [0.2, 0.25) is 0 Å². The number of rotatable bonds is 3. The van der Waals surface area contributed by atoms with Crippen LogP contribution in [0.1, 0.15) is 5.69 Å². The predicted octanol–water partition coefficient (Wildman–Crippen LogP) is 1.66. The Morgan fingerprint density at radius 2 is 2.28 bits per heavy atom. The Kier molecular flexibility index (Phi) is 2.85. The maximum Gasteiger partial charge on any atom is 0.226 e. The molecule has 0 aliphatic carbocycles. The SMILES string of the molecule is OC1CN(Cc2coc(-c3cccc(F)c3)n2)C1. The van der Waals surface area contributed by atoms with E-state index in [9.17, 15) is 9.50 Å². The number of halogens is 1. The van der Waals surface area contributed by atoms with Crippen LogP contribution >= 0.6 is 0 Å². The summed E-state index contributed by atoms with van der Waals surface area (Å²) >= 11 is 0. The fourth-order valence-electron chi connectivity index (χ4n) is 2.03. The quantitative estimate of drug-likeness (QED) is 0.897. The van der Waals surface area contributed by atoms with Crippen molar-refractivity contribution in [3.8, 4) is 11.5 Å². The van der Waals surface area contributed by atoms with Crippen LogP contribution in [0.15, 0.2) is 34.9 Å². The van der Waals surface area contributed by atoms with E-state index in [4.69, 9.17) is 4.42 Å². The van der Waals surface area contributed by atoms with Crippen LogP contribution < -0.4 is 0 Å². The first-order valence-electron chi connectivity index (χ1n) is 5.81. The first-order valence-corrected chi connectivity index (χ1v) is 5.81. The predicted molar refractivity (Wildman–Crippen MR) is 63.2 cm³/mol. The third kappa shape index (κ3) is 2.27. The molecule has 1 aromatic carbocycles. The highest BCUT2D eigenvalue weighted by molar-refractivity contribution is 5.52. The normalized spacial score (nSPS) is 16.8. The van der Waals surface area contributed by atoms with Gasteiger partial charge in [0.05, 0.1) is 11.8 Å². The summed E-state index contributed by atoms with van der Waals surface area (Å²) < 4.78 is 18.4. The Labute approximate surface area is 104 Å². The molecule has 18 heavy (non-hydrogen) atoms. The van der Waals surface area contributed by atoms with Gasteiger partial charge in [0.2, 0.25) is 5.89 Å². The second-order valence-electron chi connectivity index (χ2n) is 4.50. The van der Waals surface area contributed by atoms with E-state index in [2.05, 4.69) is 9.88 Å². The Hall–Kier alpha value is -1.72. The van der Waals surface area contributed by atoms with E-state index in [1.807, 2.05) is 0 Å². The molecule has 0 atom stereocenters. The summed E-state index contributed by atoms with van der Waals surface area (Å²) in [5.74, 6) is 0.115. The summed E-state index contributed by atoms with van der Waals surface area (Å²) in [6.07, 6.45) is 1.35. The average Bonchev–Trinajstić information content (AvgIpc) is 2.76. The first-order chi connectivity index (χ1) is 8.70. The largest absolute Gasteiger partial charge is 0.444 e. The van der Waals surface area contributed by atoms with Crippen molar-refractivity contribution < 1.29 is 13.9 Å². The maximum absolute atomic E-state index is 13.1. The van der Waals surface area contributed by atoms with E-state index in [1.165, 1.54) is 12.1 Å². The van der Waals surface area contributed by atoms with E-state index in [0.29, 0.717) is 31.1 Å². The minimum absolute atomic E-state index is 0.223. The third-order valence-corrected chi connectivity index (χ3v) is 2.95. The van der Waals surface area contributed by atoms with Crippen molar-refractivity contribution >= 4 is 0 Å². The molecule has 0 saturated carbocycles. The number of aromatic nitrogens is 1. The molecule has 4 nitrogen and oxygen atoms in total. The minimum atomic E-state index is -0.307. The van der Waals surface area contributed by atoms with Crippen molar-refractivity contribution in [2.24, 2.45) is 0 Å². The fourth-order valence-corrected chi connectivity index (χ4v) is 2.03. The Morgan fingerprint density at radius 3 is 3.00 bits per heavy atom. The van der Waals surface area contributed by atoms with Gasteiger partial charge in [-0.1, -0.05) is 6.07 Å². The Balaban J connectivity index is 1.73.